The second-order valence-electron chi connectivity index (χ2n) is 8.64. The van der Waals surface area contributed by atoms with Crippen molar-refractivity contribution in [2.75, 3.05) is 24.3 Å². The quantitative estimate of drug-likeness (QED) is 0.267. The average molecular weight is 553 g/mol. The number of benzene rings is 2. The van der Waals surface area contributed by atoms with Gasteiger partial charge in [-0.1, -0.05) is 26.0 Å². The first kappa shape index (κ1) is 27.5. The Morgan fingerprint density at radius 2 is 1.67 bits per heavy atom. The number of hydrogen-bond donors (Lipinski definition) is 2. The molecule has 39 heavy (non-hydrogen) atoms. The number of carbonyl (C=O) groups excluding carboxylic acids is 1. The molecular weight excluding hydrogens is 524 g/mol. The van der Waals surface area contributed by atoms with Gasteiger partial charge in [0, 0.05) is 11.8 Å². The third kappa shape index (κ3) is 7.05. The number of amides is 1. The predicted octanol–water partition coefficient (Wildman–Crippen LogP) is 4.84. The molecule has 0 aliphatic heterocycles. The highest BCUT2D eigenvalue weighted by atomic mass is 32.2. The summed E-state index contributed by atoms with van der Waals surface area (Å²) in [5.74, 6) is 1.32. The van der Waals surface area contributed by atoms with Gasteiger partial charge >= 0.3 is 6.01 Å². The highest BCUT2D eigenvalue weighted by Crippen LogP contribution is 2.23. The summed E-state index contributed by atoms with van der Waals surface area (Å²) in [7, 11) is -1.25. The maximum atomic E-state index is 12.8. The SMILES string of the molecule is COc1cc(NS(=O)(=O)c2ccc(NC(=O)c3ccc(COc4ccc(C(C)C)cc4)o3)cc2)nc(OC)n1. The fraction of sp³-hybridized carbons (Fsp3) is 0.222. The van der Waals surface area contributed by atoms with Gasteiger partial charge in [-0.15, -0.1) is 0 Å². The van der Waals surface area contributed by atoms with Crippen LogP contribution in [0.4, 0.5) is 11.5 Å². The lowest BCUT2D eigenvalue weighted by Crippen LogP contribution is -2.15. The zero-order chi connectivity index (χ0) is 28.0. The van der Waals surface area contributed by atoms with Crippen LogP contribution in [0.3, 0.4) is 0 Å². The van der Waals surface area contributed by atoms with Gasteiger partial charge in [0.1, 0.15) is 18.1 Å². The molecule has 0 aliphatic carbocycles. The molecule has 204 valence electrons. The lowest BCUT2D eigenvalue weighted by atomic mass is 10.0. The normalized spacial score (nSPS) is 11.2. The Hall–Kier alpha value is -4.58. The Kier molecular flexibility index (Phi) is 8.35. The second kappa shape index (κ2) is 11.9. The molecule has 0 bridgehead atoms. The van der Waals surface area contributed by atoms with E-state index in [1.165, 1.54) is 50.1 Å². The molecule has 0 fully saturated rings. The van der Waals surface area contributed by atoms with E-state index in [4.69, 9.17) is 18.6 Å². The van der Waals surface area contributed by atoms with Crippen LogP contribution < -0.4 is 24.2 Å². The van der Waals surface area contributed by atoms with Crippen LogP contribution in [0.1, 0.15) is 41.6 Å². The molecule has 12 heteroatoms. The van der Waals surface area contributed by atoms with E-state index >= 15 is 0 Å². The summed E-state index contributed by atoms with van der Waals surface area (Å²) in [5, 5.41) is 2.68. The van der Waals surface area contributed by atoms with Gasteiger partial charge in [0.15, 0.2) is 11.6 Å². The molecule has 2 N–H and O–H groups in total. The Labute approximate surface area is 226 Å². The fourth-order valence-electron chi connectivity index (χ4n) is 3.44. The molecule has 4 rings (SSSR count). The van der Waals surface area contributed by atoms with E-state index in [9.17, 15) is 13.2 Å². The monoisotopic (exact) mass is 552 g/mol. The molecule has 11 nitrogen and oxygen atoms in total. The van der Waals surface area contributed by atoms with Gasteiger partial charge in [-0.3, -0.25) is 9.52 Å². The average Bonchev–Trinajstić information content (AvgIpc) is 3.41. The van der Waals surface area contributed by atoms with Gasteiger partial charge < -0.3 is 23.9 Å². The predicted molar refractivity (Wildman–Crippen MR) is 144 cm³/mol. The van der Waals surface area contributed by atoms with Crippen LogP contribution in [0.2, 0.25) is 0 Å². The van der Waals surface area contributed by atoms with Gasteiger partial charge in [0.05, 0.1) is 19.1 Å². The molecule has 0 radical (unpaired) electrons. The van der Waals surface area contributed by atoms with Crippen molar-refractivity contribution in [3.63, 3.8) is 0 Å². The van der Waals surface area contributed by atoms with Crippen LogP contribution in [0.5, 0.6) is 17.6 Å². The van der Waals surface area contributed by atoms with E-state index < -0.39 is 15.9 Å². The molecule has 0 saturated heterocycles. The maximum Gasteiger partial charge on any atom is 0.321 e. The Balaban J connectivity index is 1.35. The van der Waals surface area contributed by atoms with Crippen molar-refractivity contribution in [1.82, 2.24) is 9.97 Å². The minimum atomic E-state index is -3.99. The van der Waals surface area contributed by atoms with Crippen LogP contribution in [0, 0.1) is 0 Å². The molecule has 0 saturated carbocycles. The lowest BCUT2D eigenvalue weighted by Gasteiger charge is -2.10. The van der Waals surface area contributed by atoms with Crippen LogP contribution >= 0.6 is 0 Å². The Bertz CT molecular complexity index is 1510. The number of nitrogens with one attached hydrogen (secondary N) is 2. The highest BCUT2D eigenvalue weighted by Gasteiger charge is 2.18. The number of methoxy groups -OCH3 is 2. The number of sulfonamides is 1. The largest absolute Gasteiger partial charge is 0.486 e. The van der Waals surface area contributed by atoms with Crippen LogP contribution in [0.15, 0.2) is 76.0 Å². The minimum absolute atomic E-state index is 0.0266. The molecule has 2 aromatic heterocycles. The first-order chi connectivity index (χ1) is 18.7. The standard InChI is InChI=1S/C27H28N4O7S/c1-17(2)18-5-9-20(10-6-18)37-16-21-11-14-23(38-21)26(32)28-19-7-12-22(13-8-19)39(33,34)31-24-15-25(35-3)30-27(29-24)36-4/h5-15,17H,16H2,1-4H3,(H,28,32)(H,29,30,31). The molecular formula is C27H28N4O7S. The minimum Gasteiger partial charge on any atom is -0.486 e. The van der Waals surface area contributed by atoms with Gasteiger partial charge in [-0.2, -0.15) is 9.97 Å². The molecule has 0 unspecified atom stereocenters. The zero-order valence-corrected chi connectivity index (χ0v) is 22.6. The topological polar surface area (TPSA) is 142 Å². The molecule has 0 atom stereocenters. The van der Waals surface area contributed by atoms with Crippen molar-refractivity contribution < 1.29 is 31.8 Å². The number of carbonyl (C=O) groups is 1. The number of ether oxygens (including phenoxy) is 3. The number of hydrogen-bond acceptors (Lipinski definition) is 9. The molecule has 2 heterocycles. The summed E-state index contributed by atoms with van der Waals surface area (Å²) in [4.78, 5) is 20.5. The van der Waals surface area contributed by atoms with E-state index in [0.29, 0.717) is 23.1 Å². The number of anilines is 2. The van der Waals surface area contributed by atoms with E-state index in [1.54, 1.807) is 12.1 Å². The van der Waals surface area contributed by atoms with Gasteiger partial charge in [0.2, 0.25) is 5.88 Å². The van der Waals surface area contributed by atoms with E-state index in [0.717, 1.165) is 0 Å². The lowest BCUT2D eigenvalue weighted by molar-refractivity contribution is 0.0992. The number of furan rings is 1. The van der Waals surface area contributed by atoms with Gasteiger partial charge in [0.25, 0.3) is 15.9 Å². The van der Waals surface area contributed by atoms with E-state index in [1.807, 2.05) is 24.3 Å². The van der Waals surface area contributed by atoms with Gasteiger partial charge in [-0.05, 0) is 60.0 Å². The van der Waals surface area contributed by atoms with Crippen LogP contribution in [-0.2, 0) is 16.6 Å². The second-order valence-corrected chi connectivity index (χ2v) is 10.3. The van der Waals surface area contributed by atoms with Crippen molar-refractivity contribution >= 4 is 27.4 Å². The molecule has 2 aromatic carbocycles. The van der Waals surface area contributed by atoms with Crippen molar-refractivity contribution in [1.29, 1.82) is 0 Å². The van der Waals surface area contributed by atoms with E-state index in [-0.39, 0.29) is 35.0 Å². The third-order valence-electron chi connectivity index (χ3n) is 5.55. The molecule has 0 aliphatic rings. The van der Waals surface area contributed by atoms with Crippen molar-refractivity contribution in [2.24, 2.45) is 0 Å². The Morgan fingerprint density at radius 3 is 2.31 bits per heavy atom. The molecule has 0 spiro atoms. The first-order valence-electron chi connectivity index (χ1n) is 11.9. The number of aromatic nitrogens is 2. The summed E-state index contributed by atoms with van der Waals surface area (Å²) in [6.07, 6.45) is 0. The van der Waals surface area contributed by atoms with Crippen LogP contribution in [0.25, 0.3) is 0 Å². The highest BCUT2D eigenvalue weighted by molar-refractivity contribution is 7.92. The smallest absolute Gasteiger partial charge is 0.321 e. The maximum absolute atomic E-state index is 12.8. The van der Waals surface area contributed by atoms with Crippen molar-refractivity contribution in [2.45, 2.75) is 31.3 Å². The summed E-state index contributed by atoms with van der Waals surface area (Å²) in [6, 6.07) is 17.9. The van der Waals surface area contributed by atoms with Gasteiger partial charge in [-0.25, -0.2) is 8.42 Å². The summed E-state index contributed by atoms with van der Waals surface area (Å²) < 4.78 is 49.3. The van der Waals surface area contributed by atoms with Crippen LogP contribution in [-0.4, -0.2) is 38.5 Å². The van der Waals surface area contributed by atoms with E-state index in [2.05, 4.69) is 33.9 Å². The Morgan fingerprint density at radius 1 is 0.949 bits per heavy atom. The van der Waals surface area contributed by atoms with Crippen molar-refractivity contribution in [3.05, 3.63) is 83.8 Å². The molecule has 1 amide bonds. The summed E-state index contributed by atoms with van der Waals surface area (Å²) >= 11 is 0. The fourth-order valence-corrected chi connectivity index (χ4v) is 4.43. The zero-order valence-electron chi connectivity index (χ0n) is 21.8. The molecule has 4 aromatic rings. The summed E-state index contributed by atoms with van der Waals surface area (Å²) in [6.45, 7) is 4.41. The first-order valence-corrected chi connectivity index (χ1v) is 13.4. The summed E-state index contributed by atoms with van der Waals surface area (Å²) in [5.41, 5.74) is 1.59. The third-order valence-corrected chi connectivity index (χ3v) is 6.92. The van der Waals surface area contributed by atoms with Crippen molar-refractivity contribution in [3.8, 4) is 17.6 Å². The number of nitrogens with zero attached hydrogens (tertiary/aromatic N) is 2. The number of rotatable bonds is 11.